The number of hydrogen-bond acceptors (Lipinski definition) is 7. The molecule has 3 aromatic rings. The van der Waals surface area contributed by atoms with Gasteiger partial charge in [0.25, 0.3) is 5.91 Å². The Balaban J connectivity index is 1.29. The maximum Gasteiger partial charge on any atom is 0.311 e. The zero-order chi connectivity index (χ0) is 26.1. The number of rotatable bonds is 9. The van der Waals surface area contributed by atoms with Crippen molar-refractivity contribution in [2.24, 2.45) is 5.92 Å². The molecule has 0 spiro atoms. The summed E-state index contributed by atoms with van der Waals surface area (Å²) >= 11 is 12.6. The molecular formula is C25H27Cl2N7O3. The molecule has 2 aliphatic rings. The molecular weight excluding hydrogens is 517 g/mol. The van der Waals surface area contributed by atoms with Gasteiger partial charge in [-0.15, -0.1) is 0 Å². The first-order valence-electron chi connectivity index (χ1n) is 12.1. The minimum absolute atomic E-state index is 0.109. The van der Waals surface area contributed by atoms with Crippen LogP contribution < -0.4 is 16.4 Å². The van der Waals surface area contributed by atoms with Crippen molar-refractivity contribution in [3.8, 4) is 11.1 Å². The van der Waals surface area contributed by atoms with Crippen LogP contribution in [0.1, 0.15) is 23.2 Å². The molecule has 1 amide bonds. The Hall–Kier alpha value is -3.34. The zero-order valence-electron chi connectivity index (χ0n) is 20.0. The van der Waals surface area contributed by atoms with Crippen LogP contribution in [-0.2, 0) is 6.54 Å². The predicted octanol–water partition coefficient (Wildman–Crippen LogP) is 4.28. The van der Waals surface area contributed by atoms with E-state index in [0.717, 1.165) is 37.2 Å². The number of amides is 1. The van der Waals surface area contributed by atoms with E-state index in [-0.39, 0.29) is 23.5 Å². The monoisotopic (exact) mass is 543 g/mol. The first-order valence-corrected chi connectivity index (χ1v) is 12.9. The third-order valence-corrected chi connectivity index (χ3v) is 7.54. The first kappa shape index (κ1) is 25.3. The molecule has 0 aliphatic carbocycles. The van der Waals surface area contributed by atoms with Gasteiger partial charge in [-0.05, 0) is 43.5 Å². The number of anilines is 2. The van der Waals surface area contributed by atoms with Crippen molar-refractivity contribution in [2.45, 2.75) is 25.4 Å². The largest absolute Gasteiger partial charge is 0.378 e. The smallest absolute Gasteiger partial charge is 0.311 e. The van der Waals surface area contributed by atoms with E-state index in [4.69, 9.17) is 28.9 Å². The van der Waals surface area contributed by atoms with Gasteiger partial charge in [-0.2, -0.15) is 0 Å². The van der Waals surface area contributed by atoms with Gasteiger partial charge in [0.2, 0.25) is 5.82 Å². The summed E-state index contributed by atoms with van der Waals surface area (Å²) < 4.78 is 1.97. The molecule has 1 unspecified atom stereocenters. The van der Waals surface area contributed by atoms with Crippen LogP contribution in [0.2, 0.25) is 10.0 Å². The fraction of sp³-hybridized carbons (Fsp3) is 0.360. The Labute approximate surface area is 223 Å². The summed E-state index contributed by atoms with van der Waals surface area (Å²) in [5.74, 6) is 0.725. The van der Waals surface area contributed by atoms with E-state index in [1.165, 1.54) is 12.1 Å². The number of carbonyl (C=O) groups is 1. The van der Waals surface area contributed by atoms with Gasteiger partial charge in [-0.3, -0.25) is 14.9 Å². The summed E-state index contributed by atoms with van der Waals surface area (Å²) in [6.45, 7) is 4.22. The lowest BCUT2D eigenvalue weighted by Crippen LogP contribution is -2.43. The maximum atomic E-state index is 13.4. The number of piperidine rings is 1. The summed E-state index contributed by atoms with van der Waals surface area (Å²) in [5, 5.41) is 18.3. The van der Waals surface area contributed by atoms with E-state index < -0.39 is 4.92 Å². The third kappa shape index (κ3) is 5.51. The van der Waals surface area contributed by atoms with Gasteiger partial charge in [0.15, 0.2) is 0 Å². The molecule has 12 heteroatoms. The fourth-order valence-corrected chi connectivity index (χ4v) is 5.64. The van der Waals surface area contributed by atoms with Crippen molar-refractivity contribution < 1.29 is 9.72 Å². The van der Waals surface area contributed by atoms with Gasteiger partial charge in [0.05, 0.1) is 10.5 Å². The molecule has 2 aromatic heterocycles. The number of nitrogens with two attached hydrogens (primary N) is 1. The highest BCUT2D eigenvalue weighted by Crippen LogP contribution is 2.34. The zero-order valence-corrected chi connectivity index (χ0v) is 21.5. The number of pyridine rings is 1. The van der Waals surface area contributed by atoms with Crippen molar-refractivity contribution >= 4 is 46.4 Å². The highest BCUT2D eigenvalue weighted by Gasteiger charge is 2.39. The maximum absolute atomic E-state index is 13.4. The number of aromatic nitrogens is 2. The lowest BCUT2D eigenvalue weighted by molar-refractivity contribution is -0.384. The number of fused-ring (bicyclic) bond motifs is 2. The number of benzene rings is 1. The Kier molecular flexibility index (Phi) is 7.23. The van der Waals surface area contributed by atoms with Gasteiger partial charge in [0, 0.05) is 71.9 Å². The number of nitrogens with one attached hydrogen (secondary N) is 2. The van der Waals surface area contributed by atoms with Crippen molar-refractivity contribution in [3.05, 3.63) is 68.4 Å². The minimum atomic E-state index is -0.564. The predicted molar refractivity (Wildman–Crippen MR) is 144 cm³/mol. The molecule has 0 radical (unpaired) electrons. The number of aryl methyl sites for hydroxylation is 1. The molecule has 2 bridgehead atoms. The second-order valence-corrected chi connectivity index (χ2v) is 10.3. The molecule has 4 N–H and O–H groups in total. The Bertz CT molecular complexity index is 1350. The van der Waals surface area contributed by atoms with Crippen LogP contribution in [-0.4, -0.2) is 57.5 Å². The molecule has 2 fully saturated rings. The van der Waals surface area contributed by atoms with Crippen LogP contribution in [0.4, 0.5) is 17.3 Å². The van der Waals surface area contributed by atoms with E-state index in [0.29, 0.717) is 46.9 Å². The summed E-state index contributed by atoms with van der Waals surface area (Å²) in [6, 6.07) is 8.28. The molecule has 5 rings (SSSR count). The van der Waals surface area contributed by atoms with Crippen LogP contribution >= 0.6 is 23.2 Å². The van der Waals surface area contributed by atoms with Crippen molar-refractivity contribution in [1.82, 2.24) is 19.8 Å². The SMILES string of the molecule is Nc1nc(NCCCn2cc(C(=O)N[C@@H]3CN4CC[C@H]3C4)c(-c3ccc(Cl)cc3Cl)c2)ccc1[N+](=O)[O-]. The average molecular weight is 544 g/mol. The molecule has 3 atom stereocenters. The molecule has 10 nitrogen and oxygen atoms in total. The van der Waals surface area contributed by atoms with Crippen LogP contribution in [0.3, 0.4) is 0 Å². The number of nitro groups is 1. The third-order valence-electron chi connectivity index (χ3n) is 6.99. The second kappa shape index (κ2) is 10.6. The van der Waals surface area contributed by atoms with E-state index in [2.05, 4.69) is 20.5 Å². The summed E-state index contributed by atoms with van der Waals surface area (Å²) in [5.41, 5.74) is 7.51. The Morgan fingerprint density at radius 2 is 2.03 bits per heavy atom. The van der Waals surface area contributed by atoms with E-state index in [9.17, 15) is 14.9 Å². The van der Waals surface area contributed by atoms with Crippen LogP contribution in [0.5, 0.6) is 0 Å². The molecule has 194 valence electrons. The normalized spacial score (nSPS) is 20.2. The Morgan fingerprint density at radius 1 is 1.19 bits per heavy atom. The average Bonchev–Trinajstić information content (AvgIpc) is 3.58. The molecule has 4 heterocycles. The van der Waals surface area contributed by atoms with Crippen molar-refractivity contribution in [3.63, 3.8) is 0 Å². The van der Waals surface area contributed by atoms with E-state index >= 15 is 0 Å². The van der Waals surface area contributed by atoms with Crippen LogP contribution in [0.15, 0.2) is 42.7 Å². The standard InChI is InChI=1S/C25H27Cl2N7O3/c26-16-2-3-17(20(27)10-16)18-12-32(8-1-7-29-23-5-4-22(34(36)37)24(28)31-23)13-19(18)25(35)30-21-14-33-9-6-15(21)11-33/h2-5,10,12-13,15,21H,1,6-9,11,14H2,(H,30,35)(H3,28,29,31)/t15-,21+/m0/s1. The highest BCUT2D eigenvalue weighted by molar-refractivity contribution is 6.36. The fourth-order valence-electron chi connectivity index (χ4n) is 5.13. The van der Waals surface area contributed by atoms with Gasteiger partial charge in [-0.1, -0.05) is 29.3 Å². The van der Waals surface area contributed by atoms with Crippen molar-refractivity contribution in [2.75, 3.05) is 37.2 Å². The van der Waals surface area contributed by atoms with Gasteiger partial charge in [-0.25, -0.2) is 4.98 Å². The summed E-state index contributed by atoms with van der Waals surface area (Å²) in [7, 11) is 0. The number of hydrogen-bond donors (Lipinski definition) is 3. The van der Waals surface area contributed by atoms with Gasteiger partial charge in [0.1, 0.15) is 5.82 Å². The first-order chi connectivity index (χ1) is 17.8. The second-order valence-electron chi connectivity index (χ2n) is 9.47. The Morgan fingerprint density at radius 3 is 2.70 bits per heavy atom. The lowest BCUT2D eigenvalue weighted by Gasteiger charge is -2.23. The highest BCUT2D eigenvalue weighted by atomic mass is 35.5. The molecule has 0 saturated carbocycles. The number of carbonyl (C=O) groups excluding carboxylic acids is 1. The molecule has 1 aromatic carbocycles. The quantitative estimate of drug-likeness (QED) is 0.208. The molecule has 37 heavy (non-hydrogen) atoms. The van der Waals surface area contributed by atoms with E-state index in [1.807, 2.05) is 23.0 Å². The molecule has 2 aliphatic heterocycles. The van der Waals surface area contributed by atoms with E-state index in [1.54, 1.807) is 12.1 Å². The van der Waals surface area contributed by atoms with Gasteiger partial charge >= 0.3 is 5.69 Å². The lowest BCUT2D eigenvalue weighted by atomic mass is 9.99. The van der Waals surface area contributed by atoms with Crippen LogP contribution in [0, 0.1) is 16.0 Å². The molecule has 2 saturated heterocycles. The van der Waals surface area contributed by atoms with Gasteiger partial charge < -0.3 is 25.8 Å². The van der Waals surface area contributed by atoms with Crippen molar-refractivity contribution in [1.29, 1.82) is 0 Å². The minimum Gasteiger partial charge on any atom is -0.378 e. The number of nitrogen functional groups attached to an aromatic ring is 1. The summed E-state index contributed by atoms with van der Waals surface area (Å²) in [6.07, 6.45) is 5.60. The summed E-state index contributed by atoms with van der Waals surface area (Å²) in [4.78, 5) is 30.2. The van der Waals surface area contributed by atoms with Crippen LogP contribution in [0.25, 0.3) is 11.1 Å². The topological polar surface area (TPSA) is 131 Å². The number of nitrogens with zero attached hydrogens (tertiary/aromatic N) is 4. The number of halogens is 2.